The molecular weight excluding hydrogens is 254 g/mol. The highest BCUT2D eigenvalue weighted by atomic mass is 16.1. The standard InChI is InChI=1S/C15H15N3O2/c16-14(19)11-6-7-12(15(17)20)13(8-11)18-9-10-4-2-1-3-5-10/h1-8,18H,9H2,(H2,16,19)(H2,17,20). The lowest BCUT2D eigenvalue weighted by molar-refractivity contribution is 0.0989. The zero-order valence-electron chi connectivity index (χ0n) is 10.8. The number of anilines is 1. The second-order valence-corrected chi connectivity index (χ2v) is 4.33. The minimum absolute atomic E-state index is 0.325. The van der Waals surface area contributed by atoms with Crippen LogP contribution in [0, 0.1) is 0 Å². The molecule has 0 spiro atoms. The van der Waals surface area contributed by atoms with Crippen molar-refractivity contribution in [3.8, 4) is 0 Å². The molecule has 2 aromatic rings. The maximum Gasteiger partial charge on any atom is 0.250 e. The average molecular weight is 269 g/mol. The molecule has 2 rings (SSSR count). The Morgan fingerprint density at radius 3 is 2.25 bits per heavy atom. The smallest absolute Gasteiger partial charge is 0.250 e. The van der Waals surface area contributed by atoms with Crippen molar-refractivity contribution in [3.63, 3.8) is 0 Å². The van der Waals surface area contributed by atoms with Crippen LogP contribution in [0.3, 0.4) is 0 Å². The van der Waals surface area contributed by atoms with Crippen LogP contribution in [-0.2, 0) is 6.54 Å². The summed E-state index contributed by atoms with van der Waals surface area (Å²) in [5.74, 6) is -1.11. The first-order valence-electron chi connectivity index (χ1n) is 6.09. The molecule has 5 heteroatoms. The van der Waals surface area contributed by atoms with Crippen molar-refractivity contribution in [2.75, 3.05) is 5.32 Å². The molecule has 102 valence electrons. The number of amides is 2. The van der Waals surface area contributed by atoms with Crippen LogP contribution in [-0.4, -0.2) is 11.8 Å². The number of benzene rings is 2. The minimum atomic E-state index is -0.559. The number of rotatable bonds is 5. The maximum atomic E-state index is 11.4. The van der Waals surface area contributed by atoms with Gasteiger partial charge in [0, 0.05) is 17.8 Å². The average Bonchev–Trinajstić information content (AvgIpc) is 2.45. The van der Waals surface area contributed by atoms with Gasteiger partial charge < -0.3 is 16.8 Å². The number of nitrogens with one attached hydrogen (secondary N) is 1. The molecule has 0 aliphatic rings. The summed E-state index contributed by atoms with van der Waals surface area (Å²) in [7, 11) is 0. The SMILES string of the molecule is NC(=O)c1ccc(C(N)=O)c(NCc2ccccc2)c1. The van der Waals surface area contributed by atoms with Crippen LogP contribution in [0.15, 0.2) is 48.5 Å². The summed E-state index contributed by atoms with van der Waals surface area (Å²) in [6.07, 6.45) is 0. The van der Waals surface area contributed by atoms with E-state index < -0.39 is 11.8 Å². The number of primary amides is 2. The Hall–Kier alpha value is -2.82. The van der Waals surface area contributed by atoms with E-state index in [1.54, 1.807) is 0 Å². The summed E-state index contributed by atoms with van der Waals surface area (Å²) < 4.78 is 0. The van der Waals surface area contributed by atoms with Crippen LogP contribution in [0.4, 0.5) is 5.69 Å². The number of nitrogens with two attached hydrogens (primary N) is 2. The predicted molar refractivity (Wildman–Crippen MR) is 77.2 cm³/mol. The number of hydrogen-bond donors (Lipinski definition) is 3. The molecule has 5 nitrogen and oxygen atoms in total. The highest BCUT2D eigenvalue weighted by Crippen LogP contribution is 2.18. The molecule has 0 fully saturated rings. The van der Waals surface area contributed by atoms with Gasteiger partial charge >= 0.3 is 0 Å². The molecule has 0 unspecified atom stereocenters. The normalized spacial score (nSPS) is 10.0. The fourth-order valence-corrected chi connectivity index (χ4v) is 1.85. The minimum Gasteiger partial charge on any atom is -0.380 e. The van der Waals surface area contributed by atoms with Gasteiger partial charge in [0.1, 0.15) is 0 Å². The van der Waals surface area contributed by atoms with E-state index >= 15 is 0 Å². The van der Waals surface area contributed by atoms with Gasteiger partial charge in [0.15, 0.2) is 0 Å². The third-order valence-electron chi connectivity index (χ3n) is 2.90. The Morgan fingerprint density at radius 1 is 0.950 bits per heavy atom. The van der Waals surface area contributed by atoms with E-state index in [0.717, 1.165) is 5.56 Å². The molecule has 0 bridgehead atoms. The quantitative estimate of drug-likeness (QED) is 0.767. The molecule has 0 aromatic heterocycles. The van der Waals surface area contributed by atoms with E-state index in [1.165, 1.54) is 18.2 Å². The van der Waals surface area contributed by atoms with Crippen LogP contribution >= 0.6 is 0 Å². The molecule has 5 N–H and O–H groups in total. The second-order valence-electron chi connectivity index (χ2n) is 4.33. The van der Waals surface area contributed by atoms with Gasteiger partial charge in [-0.25, -0.2) is 0 Å². The molecule has 2 amide bonds. The zero-order chi connectivity index (χ0) is 14.5. The van der Waals surface area contributed by atoms with Gasteiger partial charge in [0.05, 0.1) is 5.56 Å². The van der Waals surface area contributed by atoms with Crippen LogP contribution in [0.25, 0.3) is 0 Å². The number of carbonyl (C=O) groups excluding carboxylic acids is 2. The molecule has 0 radical (unpaired) electrons. The Kier molecular flexibility index (Phi) is 4.00. The number of hydrogen-bond acceptors (Lipinski definition) is 3. The molecule has 2 aromatic carbocycles. The highest BCUT2D eigenvalue weighted by molar-refractivity contribution is 6.01. The second kappa shape index (κ2) is 5.88. The maximum absolute atomic E-state index is 11.4. The first kappa shape index (κ1) is 13.6. The van der Waals surface area contributed by atoms with Gasteiger partial charge in [-0.3, -0.25) is 9.59 Å². The van der Waals surface area contributed by atoms with Crippen molar-refractivity contribution in [1.82, 2.24) is 0 Å². The van der Waals surface area contributed by atoms with E-state index in [2.05, 4.69) is 5.32 Å². The molecule has 0 atom stereocenters. The lowest BCUT2D eigenvalue weighted by Crippen LogP contribution is -2.17. The van der Waals surface area contributed by atoms with Gasteiger partial charge in [-0.05, 0) is 23.8 Å². The molecule has 0 aliphatic heterocycles. The first-order valence-corrected chi connectivity index (χ1v) is 6.09. The zero-order valence-corrected chi connectivity index (χ0v) is 10.8. The van der Waals surface area contributed by atoms with Crippen LogP contribution < -0.4 is 16.8 Å². The van der Waals surface area contributed by atoms with Crippen molar-refractivity contribution in [3.05, 3.63) is 65.2 Å². The summed E-state index contributed by atoms with van der Waals surface area (Å²) >= 11 is 0. The third kappa shape index (κ3) is 3.14. The van der Waals surface area contributed by atoms with Crippen molar-refractivity contribution >= 4 is 17.5 Å². The predicted octanol–water partition coefficient (Wildman–Crippen LogP) is 1.50. The largest absolute Gasteiger partial charge is 0.380 e. The fourth-order valence-electron chi connectivity index (χ4n) is 1.85. The van der Waals surface area contributed by atoms with Crippen molar-refractivity contribution in [2.24, 2.45) is 11.5 Å². The van der Waals surface area contributed by atoms with Gasteiger partial charge in [0.25, 0.3) is 5.91 Å². The Balaban J connectivity index is 2.26. The first-order chi connectivity index (χ1) is 9.58. The lowest BCUT2D eigenvalue weighted by Gasteiger charge is -2.11. The van der Waals surface area contributed by atoms with Crippen molar-refractivity contribution in [1.29, 1.82) is 0 Å². The molecule has 0 aliphatic carbocycles. The van der Waals surface area contributed by atoms with E-state index in [9.17, 15) is 9.59 Å². The van der Waals surface area contributed by atoms with E-state index in [4.69, 9.17) is 11.5 Å². The van der Waals surface area contributed by atoms with E-state index in [0.29, 0.717) is 23.4 Å². The fraction of sp³-hybridized carbons (Fsp3) is 0.0667. The lowest BCUT2D eigenvalue weighted by atomic mass is 10.1. The Morgan fingerprint density at radius 2 is 1.65 bits per heavy atom. The summed E-state index contributed by atoms with van der Waals surface area (Å²) in [6.45, 7) is 0.517. The molecule has 0 heterocycles. The summed E-state index contributed by atoms with van der Waals surface area (Å²) in [6, 6.07) is 14.2. The molecule has 0 saturated heterocycles. The van der Waals surface area contributed by atoms with Crippen molar-refractivity contribution in [2.45, 2.75) is 6.54 Å². The monoisotopic (exact) mass is 269 g/mol. The van der Waals surface area contributed by atoms with Gasteiger partial charge in [0.2, 0.25) is 5.91 Å². The summed E-state index contributed by atoms with van der Waals surface area (Å²) in [5, 5.41) is 3.10. The summed E-state index contributed by atoms with van der Waals surface area (Å²) in [4.78, 5) is 22.6. The third-order valence-corrected chi connectivity index (χ3v) is 2.90. The van der Waals surface area contributed by atoms with Gasteiger partial charge in [-0.1, -0.05) is 30.3 Å². The van der Waals surface area contributed by atoms with Crippen LogP contribution in [0.1, 0.15) is 26.3 Å². The van der Waals surface area contributed by atoms with Crippen molar-refractivity contribution < 1.29 is 9.59 Å². The Bertz CT molecular complexity index is 639. The number of carbonyl (C=O) groups is 2. The molecule has 0 saturated carbocycles. The molecular formula is C15H15N3O2. The van der Waals surface area contributed by atoms with Gasteiger partial charge in [-0.2, -0.15) is 0 Å². The van der Waals surface area contributed by atoms with Gasteiger partial charge in [-0.15, -0.1) is 0 Å². The highest BCUT2D eigenvalue weighted by Gasteiger charge is 2.11. The summed E-state index contributed by atoms with van der Waals surface area (Å²) in [5.41, 5.74) is 12.7. The van der Waals surface area contributed by atoms with E-state index in [-0.39, 0.29) is 0 Å². The molecule has 20 heavy (non-hydrogen) atoms. The topological polar surface area (TPSA) is 98.2 Å². The van der Waals surface area contributed by atoms with Crippen LogP contribution in [0.2, 0.25) is 0 Å². The Labute approximate surface area is 116 Å². The van der Waals surface area contributed by atoms with Crippen LogP contribution in [0.5, 0.6) is 0 Å². The van der Waals surface area contributed by atoms with E-state index in [1.807, 2.05) is 30.3 Å².